The van der Waals surface area contributed by atoms with Gasteiger partial charge >= 0.3 is 0 Å². The van der Waals surface area contributed by atoms with E-state index >= 15 is 0 Å². The number of halogens is 1. The minimum atomic E-state index is -1.52. The molecule has 4 aliphatic rings. The van der Waals surface area contributed by atoms with Gasteiger partial charge in [0.1, 0.15) is 12.2 Å². The van der Waals surface area contributed by atoms with Crippen molar-refractivity contribution in [2.75, 3.05) is 6.61 Å². The molecular weight excluding hydrogens is 368 g/mol. The van der Waals surface area contributed by atoms with Crippen molar-refractivity contribution in [2.24, 2.45) is 28.6 Å². The van der Waals surface area contributed by atoms with Crippen LogP contribution >= 0.6 is 11.6 Å². The van der Waals surface area contributed by atoms with Crippen LogP contribution in [0.4, 0.5) is 0 Å². The molecular formula is C21H25ClO5. The summed E-state index contributed by atoms with van der Waals surface area (Å²) in [5.74, 6) is -1.18. The summed E-state index contributed by atoms with van der Waals surface area (Å²) in [5.41, 5.74) is -1.90. The Bertz CT molecular complexity index is 813. The summed E-state index contributed by atoms with van der Waals surface area (Å²) in [6, 6.07) is 0. The molecule has 2 N–H and O–H groups in total. The topological polar surface area (TPSA) is 91.7 Å². The van der Waals surface area contributed by atoms with Crippen LogP contribution in [0.1, 0.15) is 46.0 Å². The first kappa shape index (κ1) is 19.0. The smallest absolute Gasteiger partial charge is 0.221 e. The maximum Gasteiger partial charge on any atom is 0.221 e. The van der Waals surface area contributed by atoms with Crippen LogP contribution in [0.15, 0.2) is 22.8 Å². The highest BCUT2D eigenvalue weighted by atomic mass is 35.5. The zero-order valence-corrected chi connectivity index (χ0v) is 16.4. The van der Waals surface area contributed by atoms with Crippen LogP contribution in [-0.4, -0.2) is 39.8 Å². The number of carbonyl (C=O) groups excluding carboxylic acids is 3. The Morgan fingerprint density at radius 2 is 1.89 bits per heavy atom. The standard InChI is InChI=1S/C21H25ClO5/c1-19-9-17(25)16(24)8-14(19)15(22)7-11-12(19)3-5-20(2)13(11)4-6-21(20,27)18(26)10-23/h7-8,11-13,23,27H,3-6,9-10H2,1-2H3/t11-,12+,13+,19-,20+,21+/m1/s1. The average Bonchev–Trinajstić information content (AvgIpc) is 2.89. The van der Waals surface area contributed by atoms with E-state index in [1.54, 1.807) is 0 Å². The molecule has 0 spiro atoms. The SMILES string of the molecule is C[C@]12CC(=O)C(=O)C=C1C(Cl)=C[C@@H]1[C@@H]2CC[C@@]2(C)[C@H]1CC[C@]2(O)C(=O)CO. The lowest BCUT2D eigenvalue weighted by molar-refractivity contribution is -0.161. The molecule has 6 heteroatoms. The molecule has 6 atom stereocenters. The van der Waals surface area contributed by atoms with Gasteiger partial charge in [-0.1, -0.05) is 31.5 Å². The summed E-state index contributed by atoms with van der Waals surface area (Å²) < 4.78 is 0. The minimum Gasteiger partial charge on any atom is -0.388 e. The van der Waals surface area contributed by atoms with E-state index in [0.717, 1.165) is 12.0 Å². The van der Waals surface area contributed by atoms with E-state index in [9.17, 15) is 24.6 Å². The second kappa shape index (κ2) is 5.85. The van der Waals surface area contributed by atoms with E-state index in [-0.39, 0.29) is 30.0 Å². The third-order valence-corrected chi connectivity index (χ3v) is 8.53. The second-order valence-corrected chi connectivity index (χ2v) is 9.59. The van der Waals surface area contributed by atoms with E-state index in [1.807, 2.05) is 19.9 Å². The number of allylic oxidation sites excluding steroid dienone is 4. The van der Waals surface area contributed by atoms with Gasteiger partial charge in [0.2, 0.25) is 11.6 Å². The average molecular weight is 393 g/mol. The predicted molar refractivity (Wildman–Crippen MR) is 98.8 cm³/mol. The third-order valence-electron chi connectivity index (χ3n) is 8.20. The predicted octanol–water partition coefficient (Wildman–Crippen LogP) is 2.33. The Morgan fingerprint density at radius 3 is 2.56 bits per heavy atom. The zero-order valence-electron chi connectivity index (χ0n) is 15.6. The molecule has 0 amide bonds. The molecule has 146 valence electrons. The summed E-state index contributed by atoms with van der Waals surface area (Å²) in [6.45, 7) is 3.29. The number of ketones is 3. The van der Waals surface area contributed by atoms with Gasteiger partial charge in [-0.3, -0.25) is 14.4 Å². The molecule has 0 aromatic rings. The lowest BCUT2D eigenvalue weighted by atomic mass is 9.48. The van der Waals surface area contributed by atoms with Gasteiger partial charge in [0.05, 0.1) is 0 Å². The molecule has 0 bridgehead atoms. The number of hydrogen-bond donors (Lipinski definition) is 2. The van der Waals surface area contributed by atoms with Gasteiger partial charge in [-0.25, -0.2) is 0 Å². The number of carbonyl (C=O) groups is 3. The number of rotatable bonds is 2. The quantitative estimate of drug-likeness (QED) is 0.704. The van der Waals surface area contributed by atoms with E-state index in [2.05, 4.69) is 0 Å². The Morgan fingerprint density at radius 1 is 1.22 bits per heavy atom. The first-order chi connectivity index (χ1) is 12.6. The lowest BCUT2D eigenvalue weighted by Crippen LogP contribution is -2.58. The normalized spacial score (nSPS) is 46.2. The van der Waals surface area contributed by atoms with Crippen molar-refractivity contribution >= 4 is 29.0 Å². The van der Waals surface area contributed by atoms with Gasteiger partial charge in [-0.05, 0) is 55.1 Å². The second-order valence-electron chi connectivity index (χ2n) is 9.18. The lowest BCUT2D eigenvalue weighted by Gasteiger charge is -2.57. The van der Waals surface area contributed by atoms with Gasteiger partial charge in [-0.2, -0.15) is 0 Å². The summed E-state index contributed by atoms with van der Waals surface area (Å²) in [6.07, 6.45) is 5.90. The van der Waals surface area contributed by atoms with Crippen LogP contribution in [0.3, 0.4) is 0 Å². The fraction of sp³-hybridized carbons (Fsp3) is 0.667. The first-order valence-corrected chi connectivity index (χ1v) is 10.00. The highest BCUT2D eigenvalue weighted by Gasteiger charge is 2.66. The van der Waals surface area contributed by atoms with Gasteiger partial charge in [-0.15, -0.1) is 0 Å². The maximum absolute atomic E-state index is 12.4. The molecule has 0 radical (unpaired) electrons. The summed E-state index contributed by atoms with van der Waals surface area (Å²) in [7, 11) is 0. The Balaban J connectivity index is 1.79. The first-order valence-electron chi connectivity index (χ1n) is 9.62. The number of hydrogen-bond acceptors (Lipinski definition) is 5. The van der Waals surface area contributed by atoms with E-state index in [1.165, 1.54) is 6.08 Å². The third kappa shape index (κ3) is 2.28. The van der Waals surface area contributed by atoms with Gasteiger partial charge in [0, 0.05) is 22.3 Å². The van der Waals surface area contributed by atoms with Crippen LogP contribution in [0.25, 0.3) is 0 Å². The van der Waals surface area contributed by atoms with Crippen LogP contribution in [-0.2, 0) is 14.4 Å². The molecule has 2 saturated carbocycles. The molecule has 0 unspecified atom stereocenters. The highest BCUT2D eigenvalue weighted by Crippen LogP contribution is 2.67. The molecule has 2 fully saturated rings. The maximum atomic E-state index is 12.4. The monoisotopic (exact) mass is 392 g/mol. The molecule has 4 aliphatic carbocycles. The van der Waals surface area contributed by atoms with Crippen molar-refractivity contribution in [1.29, 1.82) is 0 Å². The largest absolute Gasteiger partial charge is 0.388 e. The van der Waals surface area contributed by atoms with Crippen molar-refractivity contribution in [3.05, 3.63) is 22.8 Å². The Labute approximate surface area is 163 Å². The van der Waals surface area contributed by atoms with Crippen LogP contribution in [0.2, 0.25) is 0 Å². The van der Waals surface area contributed by atoms with Crippen molar-refractivity contribution in [3.8, 4) is 0 Å². The number of Topliss-reactive ketones (excluding diaryl/α,β-unsaturated/α-hetero) is 2. The fourth-order valence-electron chi connectivity index (χ4n) is 6.60. The van der Waals surface area contributed by atoms with E-state index < -0.39 is 34.6 Å². The van der Waals surface area contributed by atoms with Crippen molar-refractivity contribution in [3.63, 3.8) is 0 Å². The Kier molecular flexibility index (Phi) is 4.12. The molecule has 0 aromatic carbocycles. The van der Waals surface area contributed by atoms with Gasteiger partial charge in [0.15, 0.2) is 5.78 Å². The van der Waals surface area contributed by atoms with Crippen molar-refractivity contribution < 1.29 is 24.6 Å². The molecule has 27 heavy (non-hydrogen) atoms. The van der Waals surface area contributed by atoms with Crippen LogP contribution in [0, 0.1) is 28.6 Å². The van der Waals surface area contributed by atoms with Crippen molar-refractivity contribution in [2.45, 2.75) is 51.6 Å². The Hall–Kier alpha value is -1.30. The summed E-state index contributed by atoms with van der Waals surface area (Å²) >= 11 is 6.57. The molecule has 0 saturated heterocycles. The summed E-state index contributed by atoms with van der Waals surface area (Å²) in [4.78, 5) is 36.5. The zero-order chi connectivity index (χ0) is 19.8. The minimum absolute atomic E-state index is 0.0277. The van der Waals surface area contributed by atoms with Crippen LogP contribution in [0.5, 0.6) is 0 Å². The van der Waals surface area contributed by atoms with Crippen molar-refractivity contribution in [1.82, 2.24) is 0 Å². The highest BCUT2D eigenvalue weighted by molar-refractivity contribution is 6.44. The summed E-state index contributed by atoms with van der Waals surface area (Å²) in [5, 5.41) is 21.0. The molecule has 0 heterocycles. The molecule has 0 aliphatic heterocycles. The number of fused-ring (bicyclic) bond motifs is 5. The molecule has 4 rings (SSSR count). The van der Waals surface area contributed by atoms with Gasteiger partial charge < -0.3 is 10.2 Å². The van der Waals surface area contributed by atoms with E-state index in [4.69, 9.17) is 11.6 Å². The van der Waals surface area contributed by atoms with Crippen LogP contribution < -0.4 is 0 Å². The van der Waals surface area contributed by atoms with Gasteiger partial charge in [0.25, 0.3) is 0 Å². The fourth-order valence-corrected chi connectivity index (χ4v) is 7.02. The van der Waals surface area contributed by atoms with E-state index in [0.29, 0.717) is 24.3 Å². The number of aliphatic hydroxyl groups excluding tert-OH is 1. The molecule has 5 nitrogen and oxygen atoms in total. The number of aliphatic hydroxyl groups is 2. The molecule has 0 aromatic heterocycles.